The highest BCUT2D eigenvalue weighted by molar-refractivity contribution is 5.96. The van der Waals surface area contributed by atoms with Crippen molar-refractivity contribution in [2.75, 3.05) is 11.9 Å². The molecule has 2 heterocycles. The van der Waals surface area contributed by atoms with Crippen LogP contribution in [0.5, 0.6) is 0 Å². The van der Waals surface area contributed by atoms with E-state index in [4.69, 9.17) is 5.53 Å². The van der Waals surface area contributed by atoms with Crippen molar-refractivity contribution in [3.63, 3.8) is 0 Å². The first-order chi connectivity index (χ1) is 8.70. The van der Waals surface area contributed by atoms with Crippen LogP contribution in [0.4, 0.5) is 5.82 Å². The SMILES string of the molecule is CN1C(=O)[C@@H](N=[N+]=[N-])CCn2nc(C3CC3)cc21. The number of hydrogen-bond acceptors (Lipinski definition) is 3. The van der Waals surface area contributed by atoms with E-state index < -0.39 is 6.04 Å². The summed E-state index contributed by atoms with van der Waals surface area (Å²) in [5, 5.41) is 8.10. The van der Waals surface area contributed by atoms with Crippen LogP contribution in [0.1, 0.15) is 30.9 Å². The second-order valence-electron chi connectivity index (χ2n) is 4.83. The Bertz CT molecular complexity index is 540. The molecule has 7 heteroatoms. The Morgan fingerprint density at radius 1 is 1.50 bits per heavy atom. The smallest absolute Gasteiger partial charge is 0.236 e. The summed E-state index contributed by atoms with van der Waals surface area (Å²) in [6.07, 6.45) is 2.89. The molecule has 1 aromatic heterocycles. The number of hydrogen-bond donors (Lipinski definition) is 0. The zero-order valence-corrected chi connectivity index (χ0v) is 10.2. The van der Waals surface area contributed by atoms with E-state index in [2.05, 4.69) is 15.1 Å². The molecule has 0 aromatic carbocycles. The predicted octanol–water partition coefficient (Wildman–Crippen LogP) is 1.81. The van der Waals surface area contributed by atoms with Crippen molar-refractivity contribution in [2.24, 2.45) is 5.11 Å². The van der Waals surface area contributed by atoms with Crippen LogP contribution in [-0.2, 0) is 11.3 Å². The van der Waals surface area contributed by atoms with E-state index in [0.717, 1.165) is 11.5 Å². The van der Waals surface area contributed by atoms with Crippen LogP contribution in [0.25, 0.3) is 10.4 Å². The summed E-state index contributed by atoms with van der Waals surface area (Å²) in [5.41, 5.74) is 9.55. The summed E-state index contributed by atoms with van der Waals surface area (Å²) in [7, 11) is 1.71. The third kappa shape index (κ3) is 1.73. The lowest BCUT2D eigenvalue weighted by molar-refractivity contribution is -0.119. The topological polar surface area (TPSA) is 86.9 Å². The quantitative estimate of drug-likeness (QED) is 0.452. The largest absolute Gasteiger partial charge is 0.300 e. The average Bonchev–Trinajstić information content (AvgIpc) is 3.14. The summed E-state index contributed by atoms with van der Waals surface area (Å²) in [6, 6.07) is 1.36. The summed E-state index contributed by atoms with van der Waals surface area (Å²) < 4.78 is 1.85. The average molecular weight is 246 g/mol. The lowest BCUT2D eigenvalue weighted by Crippen LogP contribution is -2.34. The van der Waals surface area contributed by atoms with E-state index in [1.165, 1.54) is 12.8 Å². The van der Waals surface area contributed by atoms with Crippen LogP contribution < -0.4 is 4.90 Å². The van der Waals surface area contributed by atoms with Crippen molar-refractivity contribution >= 4 is 11.7 Å². The highest BCUT2D eigenvalue weighted by atomic mass is 16.2. The Morgan fingerprint density at radius 3 is 2.94 bits per heavy atom. The van der Waals surface area contributed by atoms with Crippen molar-refractivity contribution in [3.8, 4) is 0 Å². The van der Waals surface area contributed by atoms with Crippen LogP contribution in [0.3, 0.4) is 0 Å². The number of likely N-dealkylation sites (N-methyl/N-ethyl adjacent to an activating group) is 1. The molecular weight excluding hydrogens is 232 g/mol. The van der Waals surface area contributed by atoms with E-state index in [-0.39, 0.29) is 5.91 Å². The number of aryl methyl sites for hydroxylation is 1. The zero-order chi connectivity index (χ0) is 12.7. The Hall–Kier alpha value is -2.01. The summed E-state index contributed by atoms with van der Waals surface area (Å²) >= 11 is 0. The van der Waals surface area contributed by atoms with Gasteiger partial charge in [-0.05, 0) is 24.8 Å². The first-order valence-corrected chi connectivity index (χ1v) is 6.10. The second kappa shape index (κ2) is 4.03. The van der Waals surface area contributed by atoms with Crippen molar-refractivity contribution in [3.05, 3.63) is 22.2 Å². The maximum absolute atomic E-state index is 12.1. The molecule has 1 fully saturated rings. The van der Waals surface area contributed by atoms with Gasteiger partial charge < -0.3 is 0 Å². The minimum atomic E-state index is -0.619. The minimum absolute atomic E-state index is 0.159. The molecule has 18 heavy (non-hydrogen) atoms. The molecule has 1 saturated carbocycles. The van der Waals surface area contributed by atoms with Crippen LogP contribution in [0, 0.1) is 0 Å². The molecule has 0 radical (unpaired) electrons. The van der Waals surface area contributed by atoms with Gasteiger partial charge in [0.25, 0.3) is 0 Å². The first kappa shape index (κ1) is 11.1. The number of carbonyl (C=O) groups excluding carboxylic acids is 1. The zero-order valence-electron chi connectivity index (χ0n) is 10.2. The molecule has 7 nitrogen and oxygen atoms in total. The lowest BCUT2D eigenvalue weighted by Gasteiger charge is -2.16. The molecule has 2 aliphatic rings. The summed E-state index contributed by atoms with van der Waals surface area (Å²) in [6.45, 7) is 0.613. The Labute approximate surface area is 104 Å². The highest BCUT2D eigenvalue weighted by Crippen LogP contribution is 2.40. The van der Waals surface area contributed by atoms with Gasteiger partial charge in [0.15, 0.2) is 0 Å². The number of nitrogens with zero attached hydrogens (tertiary/aromatic N) is 6. The minimum Gasteiger partial charge on any atom is -0.300 e. The molecular formula is C11H14N6O. The first-order valence-electron chi connectivity index (χ1n) is 6.10. The fraction of sp³-hybridized carbons (Fsp3) is 0.636. The normalized spacial score (nSPS) is 23.3. The predicted molar refractivity (Wildman–Crippen MR) is 65.2 cm³/mol. The molecule has 0 unspecified atom stereocenters. The number of anilines is 1. The van der Waals surface area contributed by atoms with Crippen LogP contribution in [0.2, 0.25) is 0 Å². The number of aromatic nitrogens is 2. The van der Waals surface area contributed by atoms with E-state index in [1.54, 1.807) is 11.9 Å². The van der Waals surface area contributed by atoms with Crippen molar-refractivity contribution in [2.45, 2.75) is 37.8 Å². The van der Waals surface area contributed by atoms with Gasteiger partial charge in [-0.15, -0.1) is 0 Å². The highest BCUT2D eigenvalue weighted by Gasteiger charge is 2.32. The van der Waals surface area contributed by atoms with Gasteiger partial charge in [0, 0.05) is 30.5 Å². The van der Waals surface area contributed by atoms with Crippen LogP contribution in [-0.4, -0.2) is 28.8 Å². The lowest BCUT2D eigenvalue weighted by atomic mass is 10.2. The molecule has 0 saturated heterocycles. The van der Waals surface area contributed by atoms with Gasteiger partial charge in [0.05, 0.1) is 5.69 Å². The summed E-state index contributed by atoms with van der Waals surface area (Å²) in [4.78, 5) is 16.4. The maximum atomic E-state index is 12.1. The van der Waals surface area contributed by atoms with E-state index in [1.807, 2.05) is 10.7 Å². The fourth-order valence-electron chi connectivity index (χ4n) is 2.31. The van der Waals surface area contributed by atoms with Crippen molar-refractivity contribution in [1.29, 1.82) is 0 Å². The van der Waals surface area contributed by atoms with Gasteiger partial charge in [-0.25, -0.2) is 4.68 Å². The molecule has 1 atom stereocenters. The molecule has 1 amide bonds. The fourth-order valence-corrected chi connectivity index (χ4v) is 2.31. The monoisotopic (exact) mass is 246 g/mol. The van der Waals surface area contributed by atoms with Crippen molar-refractivity contribution < 1.29 is 4.79 Å². The Balaban J connectivity index is 1.94. The standard InChI is InChI=1S/C11H14N6O/c1-16-10-6-9(7-2-3-7)14-17(10)5-4-8(11(16)18)13-15-12/h6-8H,2-5H2,1H3/t8-/m0/s1. The van der Waals surface area contributed by atoms with Gasteiger partial charge in [0.1, 0.15) is 11.9 Å². The van der Waals surface area contributed by atoms with E-state index >= 15 is 0 Å². The number of azide groups is 1. The second-order valence-corrected chi connectivity index (χ2v) is 4.83. The Morgan fingerprint density at radius 2 is 2.28 bits per heavy atom. The van der Waals surface area contributed by atoms with Gasteiger partial charge in [-0.1, -0.05) is 5.11 Å². The number of amides is 1. The number of rotatable bonds is 2. The number of fused-ring (bicyclic) bond motifs is 1. The van der Waals surface area contributed by atoms with Gasteiger partial charge in [0.2, 0.25) is 5.91 Å². The molecule has 1 aliphatic heterocycles. The third-order valence-corrected chi connectivity index (χ3v) is 3.54. The number of carbonyl (C=O) groups is 1. The molecule has 3 rings (SSSR count). The van der Waals surface area contributed by atoms with Gasteiger partial charge >= 0.3 is 0 Å². The summed E-state index contributed by atoms with van der Waals surface area (Å²) in [5.74, 6) is 1.21. The third-order valence-electron chi connectivity index (χ3n) is 3.54. The molecule has 94 valence electrons. The Kier molecular flexibility index (Phi) is 2.48. The van der Waals surface area contributed by atoms with Crippen molar-refractivity contribution in [1.82, 2.24) is 9.78 Å². The maximum Gasteiger partial charge on any atom is 0.236 e. The van der Waals surface area contributed by atoms with Gasteiger partial charge in [-0.2, -0.15) is 5.10 Å². The van der Waals surface area contributed by atoms with Crippen LogP contribution in [0.15, 0.2) is 11.2 Å². The molecule has 1 aliphatic carbocycles. The van der Waals surface area contributed by atoms with E-state index in [9.17, 15) is 4.79 Å². The van der Waals surface area contributed by atoms with Gasteiger partial charge in [-0.3, -0.25) is 9.69 Å². The van der Waals surface area contributed by atoms with E-state index in [0.29, 0.717) is 18.9 Å². The van der Waals surface area contributed by atoms with Crippen LogP contribution >= 0.6 is 0 Å². The molecule has 0 spiro atoms. The molecule has 0 N–H and O–H groups in total. The molecule has 1 aromatic rings. The molecule has 0 bridgehead atoms.